The molecule has 1 aliphatic rings. The van der Waals surface area contributed by atoms with Crippen molar-refractivity contribution in [2.75, 3.05) is 11.1 Å². The number of pyridine rings is 1. The average Bonchev–Trinajstić information content (AvgIpc) is 3.68. The molecule has 3 heterocycles. The van der Waals surface area contributed by atoms with E-state index in [9.17, 15) is 22.8 Å². The molecule has 2 amide bonds. The van der Waals surface area contributed by atoms with Gasteiger partial charge in [-0.05, 0) is 62.4 Å². The molecule has 0 bridgehead atoms. The number of carbonyl (C=O) groups is 2. The Morgan fingerprint density at radius 3 is 2.55 bits per heavy atom. The molecule has 0 aliphatic heterocycles. The van der Waals surface area contributed by atoms with Crippen LogP contribution < -0.4 is 16.4 Å². The number of fused-ring (bicyclic) bond motifs is 1. The van der Waals surface area contributed by atoms with E-state index in [4.69, 9.17) is 5.73 Å². The summed E-state index contributed by atoms with van der Waals surface area (Å²) in [6, 6.07) is 8.46. The Bertz CT molecular complexity index is 1640. The van der Waals surface area contributed by atoms with Crippen LogP contribution in [0.25, 0.3) is 22.9 Å². The second-order valence-corrected chi connectivity index (χ2v) is 10.9. The second kappa shape index (κ2) is 13.7. The van der Waals surface area contributed by atoms with Crippen LogP contribution >= 0.6 is 0 Å². The molecule has 1 fully saturated rings. The van der Waals surface area contributed by atoms with E-state index in [2.05, 4.69) is 31.7 Å². The highest BCUT2D eigenvalue weighted by Crippen LogP contribution is 2.31. The van der Waals surface area contributed by atoms with E-state index in [0.717, 1.165) is 62.5 Å². The number of benzene rings is 1. The number of alkyl halides is 3. The topological polar surface area (TPSA) is 127 Å². The van der Waals surface area contributed by atoms with Crippen LogP contribution in [0.2, 0.25) is 0 Å². The number of carbonyl (C=O) groups excluding carboxylic acids is 2. The number of hydrogen-bond acceptors (Lipinski definition) is 6. The van der Waals surface area contributed by atoms with Crippen LogP contribution in [0.5, 0.6) is 0 Å². The molecule has 1 saturated carbocycles. The SMILES string of the molecule is Nc1ncc(/C=C/CCCCCC(=O)NC2CCCC2)n2cnc(-c3ccc(C(=O)Nc4cc(C(F)(F)F)ccn4)cc3)c12. The number of anilines is 2. The van der Waals surface area contributed by atoms with Gasteiger partial charge in [0.2, 0.25) is 5.91 Å². The maximum atomic E-state index is 13.0. The molecule has 3 aromatic heterocycles. The van der Waals surface area contributed by atoms with Gasteiger partial charge in [-0.1, -0.05) is 37.5 Å². The largest absolute Gasteiger partial charge is 0.416 e. The lowest BCUT2D eigenvalue weighted by atomic mass is 10.1. The zero-order valence-corrected chi connectivity index (χ0v) is 24.1. The molecule has 0 radical (unpaired) electrons. The molecule has 0 saturated heterocycles. The number of nitrogen functional groups attached to an aromatic ring is 1. The Hall–Kier alpha value is -4.74. The summed E-state index contributed by atoms with van der Waals surface area (Å²) in [4.78, 5) is 37.4. The second-order valence-electron chi connectivity index (χ2n) is 10.9. The molecule has 5 rings (SSSR count). The van der Waals surface area contributed by atoms with E-state index in [1.807, 2.05) is 10.5 Å². The number of hydrogen-bond donors (Lipinski definition) is 3. The molecule has 4 N–H and O–H groups in total. The number of unbranched alkanes of at least 4 members (excludes halogenated alkanes) is 3. The molecule has 1 aromatic carbocycles. The number of nitrogens with two attached hydrogens (primary N) is 1. The fourth-order valence-electron chi connectivity index (χ4n) is 5.32. The number of nitrogens with zero attached hydrogens (tertiary/aromatic N) is 4. The fourth-order valence-corrected chi connectivity index (χ4v) is 5.32. The van der Waals surface area contributed by atoms with Gasteiger partial charge in [0.1, 0.15) is 23.5 Å². The zero-order chi connectivity index (χ0) is 31.1. The smallest absolute Gasteiger partial charge is 0.382 e. The fraction of sp³-hybridized carbons (Fsp3) is 0.344. The molecular weight excluding hydrogens is 571 g/mol. The Morgan fingerprint density at radius 1 is 1.02 bits per heavy atom. The Kier molecular flexibility index (Phi) is 9.56. The zero-order valence-electron chi connectivity index (χ0n) is 24.1. The van der Waals surface area contributed by atoms with Crippen LogP contribution in [-0.4, -0.2) is 37.2 Å². The Labute approximate surface area is 252 Å². The highest BCUT2D eigenvalue weighted by Gasteiger charge is 2.31. The van der Waals surface area contributed by atoms with Crippen molar-refractivity contribution in [3.63, 3.8) is 0 Å². The van der Waals surface area contributed by atoms with Gasteiger partial charge in [0.25, 0.3) is 5.91 Å². The summed E-state index contributed by atoms with van der Waals surface area (Å²) in [5.74, 6) is -0.346. The van der Waals surface area contributed by atoms with Crippen LogP contribution in [0.4, 0.5) is 24.8 Å². The highest BCUT2D eigenvalue weighted by molar-refractivity contribution is 6.04. The van der Waals surface area contributed by atoms with Gasteiger partial charge in [-0.2, -0.15) is 13.2 Å². The summed E-state index contributed by atoms with van der Waals surface area (Å²) >= 11 is 0. The third kappa shape index (κ3) is 7.61. The van der Waals surface area contributed by atoms with E-state index in [0.29, 0.717) is 35.1 Å². The van der Waals surface area contributed by atoms with Gasteiger partial charge in [0.05, 0.1) is 23.1 Å². The van der Waals surface area contributed by atoms with Crippen molar-refractivity contribution in [2.45, 2.75) is 70.0 Å². The van der Waals surface area contributed by atoms with E-state index >= 15 is 0 Å². The summed E-state index contributed by atoms with van der Waals surface area (Å²) in [6.45, 7) is 0. The molecule has 230 valence electrons. The van der Waals surface area contributed by atoms with Crippen molar-refractivity contribution < 1.29 is 22.8 Å². The van der Waals surface area contributed by atoms with E-state index in [-0.39, 0.29) is 17.3 Å². The lowest BCUT2D eigenvalue weighted by Gasteiger charge is -2.11. The standard InChI is InChI=1S/C32H34F3N7O2/c33-32(34,35)23-16-17-37-26(18-23)41-31(44)22-14-12-21(13-15-22)28-29-30(36)38-19-25(42(29)20-39-28)10-4-2-1-3-5-11-27(43)40-24-8-6-7-9-24/h4,10,12-20,24H,1-3,5-9,11H2,(H2,36,38)(H,40,43)(H,37,41,44)/b10-4+. The van der Waals surface area contributed by atoms with Gasteiger partial charge in [0, 0.05) is 29.8 Å². The van der Waals surface area contributed by atoms with Crippen LogP contribution in [0, 0.1) is 0 Å². The van der Waals surface area contributed by atoms with Crippen LogP contribution in [0.1, 0.15) is 79.4 Å². The Balaban J connectivity index is 1.18. The van der Waals surface area contributed by atoms with E-state index in [1.54, 1.807) is 36.8 Å². The number of aromatic nitrogens is 4. The minimum Gasteiger partial charge on any atom is -0.382 e. The lowest BCUT2D eigenvalue weighted by molar-refractivity contribution is -0.137. The van der Waals surface area contributed by atoms with Crippen molar-refractivity contribution in [3.05, 3.63) is 78.0 Å². The monoisotopic (exact) mass is 605 g/mol. The van der Waals surface area contributed by atoms with Gasteiger partial charge >= 0.3 is 6.18 Å². The van der Waals surface area contributed by atoms with E-state index < -0.39 is 17.6 Å². The summed E-state index contributed by atoms with van der Waals surface area (Å²) < 4.78 is 40.8. The molecule has 1 aliphatic carbocycles. The average molecular weight is 606 g/mol. The normalized spacial score (nSPS) is 14.0. The molecular formula is C32H34F3N7O2. The van der Waals surface area contributed by atoms with Crippen molar-refractivity contribution in [1.29, 1.82) is 0 Å². The number of nitrogens with one attached hydrogen (secondary N) is 2. The summed E-state index contributed by atoms with van der Waals surface area (Å²) in [6.07, 6.45) is 12.7. The molecule has 0 spiro atoms. The van der Waals surface area contributed by atoms with E-state index in [1.165, 1.54) is 12.8 Å². The number of allylic oxidation sites excluding steroid dienone is 1. The number of imidazole rings is 1. The van der Waals surface area contributed by atoms with Gasteiger partial charge < -0.3 is 16.4 Å². The summed E-state index contributed by atoms with van der Waals surface area (Å²) in [7, 11) is 0. The minimum atomic E-state index is -4.54. The third-order valence-electron chi connectivity index (χ3n) is 7.66. The quantitative estimate of drug-likeness (QED) is 0.164. The van der Waals surface area contributed by atoms with Crippen molar-refractivity contribution >= 4 is 35.0 Å². The molecule has 44 heavy (non-hydrogen) atoms. The van der Waals surface area contributed by atoms with Crippen LogP contribution in [0.3, 0.4) is 0 Å². The predicted molar refractivity (Wildman–Crippen MR) is 163 cm³/mol. The number of amides is 2. The summed E-state index contributed by atoms with van der Waals surface area (Å²) in [5.41, 5.74) is 8.23. The van der Waals surface area contributed by atoms with Gasteiger partial charge in [-0.3, -0.25) is 14.0 Å². The molecule has 0 unspecified atom stereocenters. The van der Waals surface area contributed by atoms with Gasteiger partial charge in [0.15, 0.2) is 0 Å². The third-order valence-corrected chi connectivity index (χ3v) is 7.66. The number of halogens is 3. The van der Waals surface area contributed by atoms with Crippen molar-refractivity contribution in [1.82, 2.24) is 24.7 Å². The first kappa shape index (κ1) is 30.7. The van der Waals surface area contributed by atoms with Gasteiger partial charge in [-0.15, -0.1) is 0 Å². The number of rotatable bonds is 11. The highest BCUT2D eigenvalue weighted by atomic mass is 19.4. The van der Waals surface area contributed by atoms with Crippen LogP contribution in [-0.2, 0) is 11.0 Å². The van der Waals surface area contributed by atoms with Crippen LogP contribution in [0.15, 0.2) is 61.2 Å². The summed E-state index contributed by atoms with van der Waals surface area (Å²) in [5, 5.41) is 5.53. The molecule has 4 aromatic rings. The molecule has 9 nitrogen and oxygen atoms in total. The molecule has 12 heteroatoms. The first-order valence-corrected chi connectivity index (χ1v) is 14.7. The lowest BCUT2D eigenvalue weighted by Crippen LogP contribution is -2.32. The van der Waals surface area contributed by atoms with Crippen molar-refractivity contribution in [2.24, 2.45) is 0 Å². The Morgan fingerprint density at radius 2 is 1.80 bits per heavy atom. The predicted octanol–water partition coefficient (Wildman–Crippen LogP) is 6.67. The van der Waals surface area contributed by atoms with Crippen molar-refractivity contribution in [3.8, 4) is 11.3 Å². The molecule has 0 atom stereocenters. The minimum absolute atomic E-state index is 0.157. The first-order valence-electron chi connectivity index (χ1n) is 14.7. The first-order chi connectivity index (χ1) is 21.2. The van der Waals surface area contributed by atoms with Gasteiger partial charge in [-0.25, -0.2) is 15.0 Å². The maximum Gasteiger partial charge on any atom is 0.416 e. The maximum absolute atomic E-state index is 13.0.